The van der Waals surface area contributed by atoms with Crippen LogP contribution in [0.3, 0.4) is 0 Å². The molecule has 1 aliphatic rings. The Balaban J connectivity index is 2.18. The first kappa shape index (κ1) is 12.8. The Morgan fingerprint density at radius 3 is 2.41 bits per heavy atom. The van der Waals surface area contributed by atoms with Crippen molar-refractivity contribution >= 4 is 11.6 Å². The second kappa shape index (κ2) is 5.81. The van der Waals surface area contributed by atoms with Gasteiger partial charge in [0.2, 0.25) is 0 Å². The second-order valence-corrected chi connectivity index (χ2v) is 5.73. The lowest BCUT2D eigenvalue weighted by Gasteiger charge is -2.14. The molecule has 0 N–H and O–H groups in total. The highest BCUT2D eigenvalue weighted by Crippen LogP contribution is 2.30. The van der Waals surface area contributed by atoms with Gasteiger partial charge in [0.1, 0.15) is 5.82 Å². The van der Waals surface area contributed by atoms with E-state index >= 15 is 0 Å². The lowest BCUT2D eigenvalue weighted by Crippen LogP contribution is -2.07. The van der Waals surface area contributed by atoms with E-state index in [1.54, 1.807) is 0 Å². The van der Waals surface area contributed by atoms with Crippen molar-refractivity contribution in [3.8, 4) is 0 Å². The fourth-order valence-electron chi connectivity index (χ4n) is 2.62. The van der Waals surface area contributed by atoms with Gasteiger partial charge in [0, 0.05) is 23.4 Å². The smallest absolute Gasteiger partial charge is 0.131 e. The minimum atomic E-state index is -0.00168. The van der Waals surface area contributed by atoms with Crippen LogP contribution < -0.4 is 0 Å². The molecule has 1 unspecified atom stereocenters. The van der Waals surface area contributed by atoms with Gasteiger partial charge in [-0.15, -0.1) is 11.6 Å². The van der Waals surface area contributed by atoms with E-state index in [0.717, 1.165) is 17.1 Å². The fraction of sp³-hybridized carbons (Fsp3) is 0.714. The van der Waals surface area contributed by atoms with Crippen LogP contribution in [0.15, 0.2) is 6.20 Å². The van der Waals surface area contributed by atoms with Crippen molar-refractivity contribution in [3.05, 3.63) is 23.3 Å². The largest absolute Gasteiger partial charge is 0.241 e. The van der Waals surface area contributed by atoms with Crippen molar-refractivity contribution in [2.24, 2.45) is 0 Å². The third kappa shape index (κ3) is 3.19. The van der Waals surface area contributed by atoms with Crippen LogP contribution in [0.2, 0.25) is 0 Å². The van der Waals surface area contributed by atoms with Crippen molar-refractivity contribution < 1.29 is 0 Å². The van der Waals surface area contributed by atoms with Gasteiger partial charge in [0.15, 0.2) is 0 Å². The molecule has 1 aromatic rings. The first-order valence-corrected chi connectivity index (χ1v) is 7.09. The Hall–Kier alpha value is -0.630. The summed E-state index contributed by atoms with van der Waals surface area (Å²) in [7, 11) is 0. The number of aromatic nitrogens is 2. The standard InChI is InChI=1S/C14H21ClN2/c1-10(15)13-9-16-14(17-11(13)2)12-7-5-3-4-6-8-12/h9-10,12H,3-8H2,1-2H3. The zero-order chi connectivity index (χ0) is 12.3. The summed E-state index contributed by atoms with van der Waals surface area (Å²) in [5.74, 6) is 1.60. The zero-order valence-corrected chi connectivity index (χ0v) is 11.5. The van der Waals surface area contributed by atoms with Gasteiger partial charge in [0.25, 0.3) is 0 Å². The maximum atomic E-state index is 6.09. The van der Waals surface area contributed by atoms with Gasteiger partial charge in [-0.1, -0.05) is 25.7 Å². The van der Waals surface area contributed by atoms with Gasteiger partial charge < -0.3 is 0 Å². The number of halogens is 1. The summed E-state index contributed by atoms with van der Waals surface area (Å²) in [4.78, 5) is 9.19. The van der Waals surface area contributed by atoms with E-state index in [2.05, 4.69) is 9.97 Å². The van der Waals surface area contributed by atoms with Crippen molar-refractivity contribution in [2.45, 2.75) is 63.7 Å². The van der Waals surface area contributed by atoms with E-state index in [-0.39, 0.29) is 5.38 Å². The van der Waals surface area contributed by atoms with Crippen molar-refractivity contribution in [1.82, 2.24) is 9.97 Å². The SMILES string of the molecule is Cc1nc(C2CCCCCC2)ncc1C(C)Cl. The Bertz CT molecular complexity index is 368. The number of nitrogens with zero attached hydrogens (tertiary/aromatic N) is 2. The quantitative estimate of drug-likeness (QED) is 0.571. The molecule has 2 rings (SSSR count). The molecule has 1 fully saturated rings. The van der Waals surface area contributed by atoms with Gasteiger partial charge in [-0.2, -0.15) is 0 Å². The maximum absolute atomic E-state index is 6.09. The number of hydrogen-bond acceptors (Lipinski definition) is 2. The molecule has 1 aromatic heterocycles. The molecule has 3 heteroatoms. The monoisotopic (exact) mass is 252 g/mol. The molecule has 0 saturated heterocycles. The molecule has 1 aliphatic carbocycles. The van der Waals surface area contributed by atoms with Crippen LogP contribution in [-0.4, -0.2) is 9.97 Å². The average molecular weight is 253 g/mol. The molecule has 0 radical (unpaired) electrons. The molecule has 1 heterocycles. The molecule has 1 atom stereocenters. The second-order valence-electron chi connectivity index (χ2n) is 5.07. The minimum absolute atomic E-state index is 0.00168. The normalized spacial score (nSPS) is 19.9. The third-order valence-corrected chi connectivity index (χ3v) is 3.92. The number of hydrogen-bond donors (Lipinski definition) is 0. The average Bonchev–Trinajstić information content (AvgIpc) is 2.56. The number of alkyl halides is 1. The summed E-state index contributed by atoms with van der Waals surface area (Å²) in [6.45, 7) is 4.01. The van der Waals surface area contributed by atoms with E-state index in [0.29, 0.717) is 5.92 Å². The maximum Gasteiger partial charge on any atom is 0.131 e. The van der Waals surface area contributed by atoms with Gasteiger partial charge >= 0.3 is 0 Å². The lowest BCUT2D eigenvalue weighted by atomic mass is 9.99. The molecular weight excluding hydrogens is 232 g/mol. The van der Waals surface area contributed by atoms with Crippen molar-refractivity contribution in [1.29, 1.82) is 0 Å². The highest BCUT2D eigenvalue weighted by atomic mass is 35.5. The molecule has 17 heavy (non-hydrogen) atoms. The van der Waals surface area contributed by atoms with Gasteiger partial charge in [0.05, 0.1) is 5.38 Å². The van der Waals surface area contributed by atoms with E-state index in [9.17, 15) is 0 Å². The molecule has 0 aromatic carbocycles. The van der Waals surface area contributed by atoms with Crippen LogP contribution in [0, 0.1) is 6.92 Å². The third-order valence-electron chi connectivity index (χ3n) is 3.68. The predicted octanol–water partition coefficient (Wildman–Crippen LogP) is 4.52. The summed E-state index contributed by atoms with van der Waals surface area (Å²) in [6.07, 6.45) is 9.78. The number of aryl methyl sites for hydroxylation is 1. The summed E-state index contributed by atoms with van der Waals surface area (Å²) >= 11 is 6.09. The van der Waals surface area contributed by atoms with Gasteiger partial charge in [-0.3, -0.25) is 0 Å². The van der Waals surface area contributed by atoms with E-state index in [4.69, 9.17) is 11.6 Å². The summed E-state index contributed by atoms with van der Waals surface area (Å²) in [6, 6.07) is 0. The first-order chi connectivity index (χ1) is 8.18. The molecule has 2 nitrogen and oxygen atoms in total. The topological polar surface area (TPSA) is 25.8 Å². The van der Waals surface area contributed by atoms with Crippen molar-refractivity contribution in [3.63, 3.8) is 0 Å². The first-order valence-electron chi connectivity index (χ1n) is 6.66. The highest BCUT2D eigenvalue weighted by Gasteiger charge is 2.18. The van der Waals surface area contributed by atoms with Crippen LogP contribution in [-0.2, 0) is 0 Å². The Labute approximate surface area is 109 Å². The van der Waals surface area contributed by atoms with Crippen LogP contribution in [0.25, 0.3) is 0 Å². The Morgan fingerprint density at radius 1 is 1.24 bits per heavy atom. The highest BCUT2D eigenvalue weighted by molar-refractivity contribution is 6.20. The minimum Gasteiger partial charge on any atom is -0.241 e. The fourth-order valence-corrected chi connectivity index (χ4v) is 2.83. The molecular formula is C14H21ClN2. The predicted molar refractivity (Wildman–Crippen MR) is 71.5 cm³/mol. The molecule has 0 bridgehead atoms. The van der Waals surface area contributed by atoms with Gasteiger partial charge in [-0.25, -0.2) is 9.97 Å². The van der Waals surface area contributed by atoms with E-state index in [1.807, 2.05) is 20.0 Å². The number of rotatable bonds is 2. The zero-order valence-electron chi connectivity index (χ0n) is 10.7. The van der Waals surface area contributed by atoms with Crippen LogP contribution in [0.1, 0.15) is 73.8 Å². The Morgan fingerprint density at radius 2 is 1.88 bits per heavy atom. The van der Waals surface area contributed by atoms with E-state index < -0.39 is 0 Å². The lowest BCUT2D eigenvalue weighted by molar-refractivity contribution is 0.557. The molecule has 94 valence electrons. The van der Waals surface area contributed by atoms with Crippen LogP contribution >= 0.6 is 11.6 Å². The summed E-state index contributed by atoms with van der Waals surface area (Å²) in [5, 5.41) is -0.00168. The van der Waals surface area contributed by atoms with Crippen LogP contribution in [0.5, 0.6) is 0 Å². The van der Waals surface area contributed by atoms with Crippen LogP contribution in [0.4, 0.5) is 0 Å². The van der Waals surface area contributed by atoms with E-state index in [1.165, 1.54) is 38.5 Å². The molecule has 0 amide bonds. The molecule has 0 aliphatic heterocycles. The molecule has 1 saturated carbocycles. The van der Waals surface area contributed by atoms with Crippen molar-refractivity contribution in [2.75, 3.05) is 0 Å². The molecule has 0 spiro atoms. The Kier molecular flexibility index (Phi) is 4.38. The van der Waals surface area contributed by atoms with Gasteiger partial charge in [-0.05, 0) is 26.7 Å². The summed E-state index contributed by atoms with van der Waals surface area (Å²) < 4.78 is 0. The summed E-state index contributed by atoms with van der Waals surface area (Å²) in [5.41, 5.74) is 2.10.